The normalized spacial score (nSPS) is 12.3. The van der Waals surface area contributed by atoms with Crippen LogP contribution in [0, 0.1) is 0 Å². The Morgan fingerprint density at radius 2 is 1.78 bits per heavy atom. The first-order valence-electron chi connectivity index (χ1n) is 7.21. The first-order chi connectivity index (χ1) is 10.7. The summed E-state index contributed by atoms with van der Waals surface area (Å²) >= 11 is 0. The van der Waals surface area contributed by atoms with Crippen molar-refractivity contribution >= 4 is 0 Å². The van der Waals surface area contributed by atoms with Crippen LogP contribution in [0.3, 0.4) is 0 Å². The minimum atomic E-state index is -4.52. The molecule has 0 unspecified atom stereocenters. The van der Waals surface area contributed by atoms with Gasteiger partial charge in [0, 0.05) is 6.42 Å². The number of hydrogen-bond donors (Lipinski definition) is 1. The van der Waals surface area contributed by atoms with Crippen LogP contribution in [0.1, 0.15) is 30.7 Å². The summed E-state index contributed by atoms with van der Waals surface area (Å²) in [5.74, 6) is -0.276. The van der Waals surface area contributed by atoms with E-state index in [1.165, 1.54) is 0 Å². The summed E-state index contributed by atoms with van der Waals surface area (Å²) in [7, 11) is 0. The highest BCUT2D eigenvalue weighted by Crippen LogP contribution is 2.37. The Hall–Kier alpha value is -2.08. The average molecular weight is 324 g/mol. The Morgan fingerprint density at radius 3 is 2.35 bits per heavy atom. The van der Waals surface area contributed by atoms with Gasteiger partial charge in [0.1, 0.15) is 11.3 Å². The molecule has 0 amide bonds. The molecule has 0 spiro atoms. The summed E-state index contributed by atoms with van der Waals surface area (Å²) in [5.41, 5.74) is 5.18. The monoisotopic (exact) mass is 324 g/mol. The minimum absolute atomic E-state index is 0.139. The fourth-order valence-corrected chi connectivity index (χ4v) is 2.06. The SMILES string of the molecule is CC(C)(N)c1cc(C(F)(F)F)c(OCCc2ccccc2)cn1. The maximum Gasteiger partial charge on any atom is 0.420 e. The van der Waals surface area contributed by atoms with E-state index >= 15 is 0 Å². The number of ether oxygens (including phenoxy) is 1. The summed E-state index contributed by atoms with van der Waals surface area (Å²) in [5, 5.41) is 0. The lowest BCUT2D eigenvalue weighted by Gasteiger charge is -2.21. The highest BCUT2D eigenvalue weighted by atomic mass is 19.4. The van der Waals surface area contributed by atoms with E-state index in [9.17, 15) is 13.2 Å². The van der Waals surface area contributed by atoms with E-state index in [-0.39, 0.29) is 18.1 Å². The fraction of sp³-hybridized carbons (Fsp3) is 0.353. The molecule has 0 atom stereocenters. The third kappa shape index (κ3) is 4.69. The van der Waals surface area contributed by atoms with Crippen LogP contribution in [-0.4, -0.2) is 11.6 Å². The molecule has 0 radical (unpaired) electrons. The maximum absolute atomic E-state index is 13.2. The van der Waals surface area contributed by atoms with Gasteiger partial charge in [0.25, 0.3) is 0 Å². The number of rotatable bonds is 5. The van der Waals surface area contributed by atoms with Crippen LogP contribution < -0.4 is 10.5 Å². The zero-order valence-electron chi connectivity index (χ0n) is 13.0. The van der Waals surface area contributed by atoms with Gasteiger partial charge in [0.15, 0.2) is 0 Å². The summed E-state index contributed by atoms with van der Waals surface area (Å²) in [6.45, 7) is 3.34. The lowest BCUT2D eigenvalue weighted by atomic mass is 9.99. The second kappa shape index (κ2) is 6.58. The van der Waals surface area contributed by atoms with Gasteiger partial charge in [0.05, 0.1) is 24.0 Å². The van der Waals surface area contributed by atoms with E-state index in [0.717, 1.165) is 17.8 Å². The van der Waals surface area contributed by atoms with Crippen molar-refractivity contribution in [1.82, 2.24) is 4.98 Å². The topological polar surface area (TPSA) is 48.1 Å². The summed E-state index contributed by atoms with van der Waals surface area (Å²) in [6, 6.07) is 10.4. The second-order valence-corrected chi connectivity index (χ2v) is 5.87. The predicted octanol–water partition coefficient (Wildman–Crippen LogP) is 3.92. The van der Waals surface area contributed by atoms with Crippen molar-refractivity contribution < 1.29 is 17.9 Å². The van der Waals surface area contributed by atoms with Gasteiger partial charge in [-0.15, -0.1) is 0 Å². The molecule has 0 saturated heterocycles. The Morgan fingerprint density at radius 1 is 1.13 bits per heavy atom. The van der Waals surface area contributed by atoms with Crippen molar-refractivity contribution in [3.8, 4) is 5.75 Å². The van der Waals surface area contributed by atoms with Crippen LogP contribution in [-0.2, 0) is 18.1 Å². The van der Waals surface area contributed by atoms with E-state index in [4.69, 9.17) is 10.5 Å². The Kier molecular flexibility index (Phi) is 4.94. The van der Waals surface area contributed by atoms with Crippen molar-refractivity contribution in [2.24, 2.45) is 5.73 Å². The quantitative estimate of drug-likeness (QED) is 0.907. The molecular weight excluding hydrogens is 305 g/mol. The number of nitrogens with zero attached hydrogens (tertiary/aromatic N) is 1. The number of nitrogens with two attached hydrogens (primary N) is 1. The third-order valence-electron chi connectivity index (χ3n) is 3.32. The molecular formula is C17H19F3N2O. The molecule has 1 aromatic heterocycles. The Balaban J connectivity index is 2.17. The molecule has 0 aliphatic carbocycles. The van der Waals surface area contributed by atoms with Gasteiger partial charge in [-0.25, -0.2) is 0 Å². The van der Waals surface area contributed by atoms with Crippen molar-refractivity contribution in [2.75, 3.05) is 6.61 Å². The van der Waals surface area contributed by atoms with E-state index in [2.05, 4.69) is 4.98 Å². The number of aromatic nitrogens is 1. The van der Waals surface area contributed by atoms with Gasteiger partial charge < -0.3 is 10.5 Å². The highest BCUT2D eigenvalue weighted by molar-refractivity contribution is 5.36. The molecule has 0 aliphatic rings. The minimum Gasteiger partial charge on any atom is -0.491 e. The van der Waals surface area contributed by atoms with E-state index < -0.39 is 17.3 Å². The standard InChI is InChI=1S/C17H19F3N2O/c1-16(2,21)15-10-13(17(18,19)20)14(11-22-15)23-9-8-12-6-4-3-5-7-12/h3-7,10-11H,8-9,21H2,1-2H3. The largest absolute Gasteiger partial charge is 0.491 e. The van der Waals surface area contributed by atoms with Crippen LogP contribution in [0.15, 0.2) is 42.6 Å². The molecule has 2 aromatic rings. The van der Waals surface area contributed by atoms with Crippen LogP contribution >= 0.6 is 0 Å². The van der Waals surface area contributed by atoms with Crippen molar-refractivity contribution in [2.45, 2.75) is 32.0 Å². The number of alkyl halides is 3. The fourth-order valence-electron chi connectivity index (χ4n) is 2.06. The lowest BCUT2D eigenvalue weighted by Crippen LogP contribution is -2.30. The van der Waals surface area contributed by atoms with Crippen LogP contribution in [0.5, 0.6) is 5.75 Å². The molecule has 23 heavy (non-hydrogen) atoms. The van der Waals surface area contributed by atoms with Gasteiger partial charge in [-0.3, -0.25) is 4.98 Å². The smallest absolute Gasteiger partial charge is 0.420 e. The Bertz CT molecular complexity index is 649. The van der Waals surface area contributed by atoms with Gasteiger partial charge in [-0.1, -0.05) is 30.3 Å². The molecule has 0 saturated carbocycles. The van der Waals surface area contributed by atoms with Gasteiger partial charge >= 0.3 is 6.18 Å². The zero-order chi connectivity index (χ0) is 17.1. The molecule has 0 aliphatic heterocycles. The first-order valence-corrected chi connectivity index (χ1v) is 7.21. The van der Waals surface area contributed by atoms with Gasteiger partial charge in [0.2, 0.25) is 0 Å². The van der Waals surface area contributed by atoms with Crippen LogP contribution in [0.4, 0.5) is 13.2 Å². The van der Waals surface area contributed by atoms with E-state index in [1.54, 1.807) is 13.8 Å². The average Bonchev–Trinajstić information content (AvgIpc) is 2.46. The van der Waals surface area contributed by atoms with Crippen molar-refractivity contribution in [3.05, 3.63) is 59.4 Å². The number of pyridine rings is 1. The number of benzene rings is 1. The van der Waals surface area contributed by atoms with Crippen molar-refractivity contribution in [1.29, 1.82) is 0 Å². The second-order valence-electron chi connectivity index (χ2n) is 5.87. The van der Waals surface area contributed by atoms with Gasteiger partial charge in [-0.2, -0.15) is 13.2 Å². The number of hydrogen-bond acceptors (Lipinski definition) is 3. The van der Waals surface area contributed by atoms with E-state index in [0.29, 0.717) is 6.42 Å². The molecule has 2 N–H and O–H groups in total. The molecule has 3 nitrogen and oxygen atoms in total. The predicted molar refractivity (Wildman–Crippen MR) is 82.1 cm³/mol. The first kappa shape index (κ1) is 17.3. The lowest BCUT2D eigenvalue weighted by molar-refractivity contribution is -0.139. The number of halogens is 3. The summed E-state index contributed by atoms with van der Waals surface area (Å²) < 4.78 is 45.0. The molecule has 0 fully saturated rings. The van der Waals surface area contributed by atoms with E-state index in [1.807, 2.05) is 30.3 Å². The highest BCUT2D eigenvalue weighted by Gasteiger charge is 2.36. The van der Waals surface area contributed by atoms with Crippen molar-refractivity contribution in [3.63, 3.8) is 0 Å². The molecule has 1 heterocycles. The molecule has 1 aromatic carbocycles. The maximum atomic E-state index is 13.2. The molecule has 6 heteroatoms. The van der Waals surface area contributed by atoms with Crippen LogP contribution in [0.25, 0.3) is 0 Å². The third-order valence-corrected chi connectivity index (χ3v) is 3.32. The summed E-state index contributed by atoms with van der Waals surface area (Å²) in [6.07, 6.45) is -2.91. The van der Waals surface area contributed by atoms with Crippen LogP contribution in [0.2, 0.25) is 0 Å². The zero-order valence-corrected chi connectivity index (χ0v) is 13.0. The Labute approximate surface area is 133 Å². The molecule has 0 bridgehead atoms. The summed E-state index contributed by atoms with van der Waals surface area (Å²) in [4.78, 5) is 4.00. The molecule has 124 valence electrons. The molecule has 2 rings (SSSR count). The van der Waals surface area contributed by atoms with Gasteiger partial charge in [-0.05, 0) is 25.5 Å².